The van der Waals surface area contributed by atoms with Crippen molar-refractivity contribution in [1.82, 2.24) is 0 Å². The zero-order valence-corrected chi connectivity index (χ0v) is 11.3. The lowest BCUT2D eigenvalue weighted by Crippen LogP contribution is -2.17. The van der Waals surface area contributed by atoms with Crippen LogP contribution in [0.1, 0.15) is 5.56 Å². The van der Waals surface area contributed by atoms with E-state index in [9.17, 15) is 8.42 Å². The smallest absolute Gasteiger partial charge is 0.233 e. The highest BCUT2D eigenvalue weighted by molar-refractivity contribution is 9.10. The molecule has 1 aromatic rings. The number of alkyl halides is 1. The lowest BCUT2D eigenvalue weighted by Gasteiger charge is -2.07. The monoisotopic (exact) mass is 311 g/mol. The summed E-state index contributed by atoms with van der Waals surface area (Å²) in [6.07, 6.45) is 0. The number of nitrogens with one attached hydrogen (secondary N) is 1. The van der Waals surface area contributed by atoms with Crippen molar-refractivity contribution in [3.05, 3.63) is 28.2 Å². The Morgan fingerprint density at radius 2 is 2.13 bits per heavy atom. The third kappa shape index (κ3) is 4.01. The number of hydrogen-bond donors (Lipinski definition) is 1. The van der Waals surface area contributed by atoms with E-state index >= 15 is 0 Å². The molecule has 0 aliphatic heterocycles. The van der Waals surface area contributed by atoms with E-state index in [4.69, 9.17) is 11.6 Å². The maximum Gasteiger partial charge on any atom is 0.233 e. The van der Waals surface area contributed by atoms with Crippen molar-refractivity contribution < 1.29 is 8.42 Å². The van der Waals surface area contributed by atoms with Crippen LogP contribution < -0.4 is 4.72 Å². The summed E-state index contributed by atoms with van der Waals surface area (Å²) >= 11 is 8.72. The number of sulfonamides is 1. The van der Waals surface area contributed by atoms with Gasteiger partial charge in [0.15, 0.2) is 0 Å². The Morgan fingerprint density at radius 3 is 2.67 bits per heavy atom. The van der Waals surface area contributed by atoms with Crippen LogP contribution in [0.4, 0.5) is 5.69 Å². The van der Waals surface area contributed by atoms with Crippen molar-refractivity contribution >= 4 is 43.2 Å². The lowest BCUT2D eigenvalue weighted by molar-refractivity contribution is 0.602. The van der Waals surface area contributed by atoms with Gasteiger partial charge in [0.25, 0.3) is 0 Å². The first kappa shape index (κ1) is 12.8. The van der Waals surface area contributed by atoms with Crippen molar-refractivity contribution in [2.75, 3.05) is 16.4 Å². The molecule has 0 bridgehead atoms. The molecular weight excluding hydrogens is 302 g/mol. The summed E-state index contributed by atoms with van der Waals surface area (Å²) in [6, 6.07) is 5.26. The highest BCUT2D eigenvalue weighted by atomic mass is 79.9. The van der Waals surface area contributed by atoms with Crippen LogP contribution in [0.3, 0.4) is 0 Å². The van der Waals surface area contributed by atoms with Gasteiger partial charge in [-0.3, -0.25) is 4.72 Å². The average Bonchev–Trinajstić information content (AvgIpc) is 2.10. The van der Waals surface area contributed by atoms with Gasteiger partial charge in [-0.25, -0.2) is 8.42 Å². The first-order chi connectivity index (χ1) is 6.94. The van der Waals surface area contributed by atoms with Crippen LogP contribution in [0.2, 0.25) is 0 Å². The van der Waals surface area contributed by atoms with E-state index in [0.717, 1.165) is 10.0 Å². The van der Waals surface area contributed by atoms with Crippen molar-refractivity contribution in [3.8, 4) is 0 Å². The van der Waals surface area contributed by atoms with E-state index in [1.54, 1.807) is 18.2 Å². The van der Waals surface area contributed by atoms with Crippen LogP contribution in [-0.2, 0) is 10.0 Å². The van der Waals surface area contributed by atoms with Crippen molar-refractivity contribution in [2.24, 2.45) is 0 Å². The molecule has 0 aliphatic carbocycles. The lowest BCUT2D eigenvalue weighted by atomic mass is 10.2. The van der Waals surface area contributed by atoms with Crippen LogP contribution in [0.5, 0.6) is 0 Å². The second-order valence-corrected chi connectivity index (χ2v) is 6.15. The summed E-state index contributed by atoms with van der Waals surface area (Å²) < 4.78 is 26.2. The predicted octanol–water partition coefficient (Wildman–Crippen LogP) is 2.74. The first-order valence-electron chi connectivity index (χ1n) is 4.27. The molecule has 0 spiro atoms. The molecule has 1 aromatic carbocycles. The second kappa shape index (κ2) is 5.18. The van der Waals surface area contributed by atoms with Gasteiger partial charge in [0, 0.05) is 16.0 Å². The van der Waals surface area contributed by atoms with E-state index in [0.29, 0.717) is 5.69 Å². The Kier molecular flexibility index (Phi) is 4.43. The fourth-order valence-electron chi connectivity index (χ4n) is 1.04. The molecule has 0 radical (unpaired) electrons. The minimum absolute atomic E-state index is 0.0797. The summed E-state index contributed by atoms with van der Waals surface area (Å²) in [5, 5.41) is 0. The van der Waals surface area contributed by atoms with Crippen molar-refractivity contribution in [2.45, 2.75) is 6.92 Å². The number of anilines is 1. The van der Waals surface area contributed by atoms with E-state index in [1.165, 1.54) is 0 Å². The molecule has 0 heterocycles. The van der Waals surface area contributed by atoms with E-state index in [-0.39, 0.29) is 11.6 Å². The summed E-state index contributed by atoms with van der Waals surface area (Å²) in [5.41, 5.74) is 1.53. The minimum atomic E-state index is -3.31. The molecule has 84 valence electrons. The third-order valence-electron chi connectivity index (χ3n) is 1.78. The molecule has 0 saturated heterocycles. The van der Waals surface area contributed by atoms with Crippen LogP contribution in [0, 0.1) is 6.92 Å². The van der Waals surface area contributed by atoms with Crippen LogP contribution in [-0.4, -0.2) is 20.1 Å². The van der Waals surface area contributed by atoms with Crippen molar-refractivity contribution in [1.29, 1.82) is 0 Å². The van der Waals surface area contributed by atoms with Gasteiger partial charge in [-0.1, -0.05) is 15.9 Å². The zero-order valence-electron chi connectivity index (χ0n) is 8.13. The Bertz CT molecular complexity index is 447. The molecule has 0 aromatic heterocycles. The van der Waals surface area contributed by atoms with Crippen molar-refractivity contribution in [3.63, 3.8) is 0 Å². The van der Waals surface area contributed by atoms with Gasteiger partial charge in [-0.15, -0.1) is 11.6 Å². The van der Waals surface area contributed by atoms with Gasteiger partial charge in [0.05, 0.1) is 5.75 Å². The molecule has 3 nitrogen and oxygen atoms in total. The molecule has 0 fully saturated rings. The van der Waals surface area contributed by atoms with Gasteiger partial charge in [0.1, 0.15) is 0 Å². The standard InChI is InChI=1S/C9H11BrClNO2S/c1-7-6-8(2-3-9(7)10)12-15(13,14)5-4-11/h2-3,6,12H,4-5H2,1H3. The van der Waals surface area contributed by atoms with Gasteiger partial charge >= 0.3 is 0 Å². The first-order valence-corrected chi connectivity index (χ1v) is 7.25. The number of hydrogen-bond acceptors (Lipinski definition) is 2. The Balaban J connectivity index is 2.86. The van der Waals surface area contributed by atoms with Gasteiger partial charge < -0.3 is 0 Å². The van der Waals surface area contributed by atoms with E-state index in [2.05, 4.69) is 20.7 Å². The highest BCUT2D eigenvalue weighted by Crippen LogP contribution is 2.20. The molecule has 15 heavy (non-hydrogen) atoms. The normalized spacial score (nSPS) is 11.4. The molecule has 1 rings (SSSR count). The van der Waals surface area contributed by atoms with Gasteiger partial charge in [-0.05, 0) is 30.7 Å². The predicted molar refractivity (Wildman–Crippen MR) is 67.0 cm³/mol. The number of rotatable bonds is 4. The maximum absolute atomic E-state index is 11.4. The molecule has 1 N–H and O–H groups in total. The van der Waals surface area contributed by atoms with E-state index < -0.39 is 10.0 Å². The molecule has 0 unspecified atom stereocenters. The summed E-state index contributed by atoms with van der Waals surface area (Å²) in [4.78, 5) is 0. The largest absolute Gasteiger partial charge is 0.284 e. The molecular formula is C9H11BrClNO2S. The Morgan fingerprint density at radius 1 is 1.47 bits per heavy atom. The molecule has 0 saturated carbocycles. The second-order valence-electron chi connectivity index (χ2n) is 3.07. The van der Waals surface area contributed by atoms with Crippen LogP contribution >= 0.6 is 27.5 Å². The van der Waals surface area contributed by atoms with Gasteiger partial charge in [0.2, 0.25) is 10.0 Å². The minimum Gasteiger partial charge on any atom is -0.284 e. The Labute approximate surface area is 103 Å². The molecule has 6 heteroatoms. The summed E-state index contributed by atoms with van der Waals surface area (Å²) in [6.45, 7) is 1.89. The summed E-state index contributed by atoms with van der Waals surface area (Å²) in [5.74, 6) is 0.00844. The zero-order chi connectivity index (χ0) is 11.5. The Hall–Kier alpha value is -0.260. The SMILES string of the molecule is Cc1cc(NS(=O)(=O)CCCl)ccc1Br. The van der Waals surface area contributed by atoms with Gasteiger partial charge in [-0.2, -0.15) is 0 Å². The fraction of sp³-hybridized carbons (Fsp3) is 0.333. The molecule has 0 aliphatic rings. The van der Waals surface area contributed by atoms with Crippen LogP contribution in [0.15, 0.2) is 22.7 Å². The average molecular weight is 313 g/mol. The molecule has 0 atom stereocenters. The summed E-state index contributed by atoms with van der Waals surface area (Å²) in [7, 11) is -3.31. The van der Waals surface area contributed by atoms with Crippen LogP contribution in [0.25, 0.3) is 0 Å². The van der Waals surface area contributed by atoms with E-state index in [1.807, 2.05) is 6.92 Å². The quantitative estimate of drug-likeness (QED) is 0.869. The molecule has 0 amide bonds. The number of halogens is 2. The third-order valence-corrected chi connectivity index (χ3v) is 4.37. The fourth-order valence-corrected chi connectivity index (χ4v) is 2.69. The topological polar surface area (TPSA) is 46.2 Å². The number of aryl methyl sites for hydroxylation is 1. The highest BCUT2D eigenvalue weighted by Gasteiger charge is 2.09. The number of benzene rings is 1. The maximum atomic E-state index is 11.4.